The predicted octanol–water partition coefficient (Wildman–Crippen LogP) is 2.30. The van der Waals surface area contributed by atoms with Crippen molar-refractivity contribution in [3.63, 3.8) is 0 Å². The van der Waals surface area contributed by atoms with Gasteiger partial charge in [-0.2, -0.15) is 0 Å². The molecular weight excluding hydrogens is 248 g/mol. The summed E-state index contributed by atoms with van der Waals surface area (Å²) in [5.74, 6) is 0. The molecule has 0 fully saturated rings. The first-order valence-corrected chi connectivity index (χ1v) is 6.46. The molecule has 0 aliphatic heterocycles. The molecule has 0 aliphatic rings. The molecule has 2 aromatic heterocycles. The van der Waals surface area contributed by atoms with Gasteiger partial charge in [0, 0.05) is 25.5 Å². The van der Waals surface area contributed by atoms with Crippen molar-refractivity contribution in [2.45, 2.75) is 0 Å². The van der Waals surface area contributed by atoms with Crippen molar-refractivity contribution < 1.29 is 0 Å². The van der Waals surface area contributed by atoms with Crippen LogP contribution in [0.3, 0.4) is 0 Å². The number of aromatic nitrogens is 2. The lowest BCUT2D eigenvalue weighted by molar-refractivity contribution is 0.784. The van der Waals surface area contributed by atoms with Gasteiger partial charge in [-0.15, -0.1) is 0 Å². The van der Waals surface area contributed by atoms with Gasteiger partial charge in [0.15, 0.2) is 0 Å². The molecular formula is C16H18N4. The van der Waals surface area contributed by atoms with Crippen LogP contribution in [-0.2, 0) is 0 Å². The van der Waals surface area contributed by atoms with Crippen molar-refractivity contribution in [3.05, 3.63) is 73.3 Å². The molecule has 0 amide bonds. The summed E-state index contributed by atoms with van der Waals surface area (Å²) in [6, 6.07) is 11.5. The highest BCUT2D eigenvalue weighted by Gasteiger charge is 2.00. The highest BCUT2D eigenvalue weighted by atomic mass is 15.0. The SMILES string of the molecule is C=C(NCCNC(=C)c1ccccn1)c1ccccn1. The second-order valence-electron chi connectivity index (χ2n) is 4.24. The van der Waals surface area contributed by atoms with Crippen molar-refractivity contribution in [3.8, 4) is 0 Å². The van der Waals surface area contributed by atoms with Crippen LogP contribution in [0.15, 0.2) is 61.9 Å². The smallest absolute Gasteiger partial charge is 0.0854 e. The van der Waals surface area contributed by atoms with Gasteiger partial charge in [0.25, 0.3) is 0 Å². The Balaban J connectivity index is 1.72. The lowest BCUT2D eigenvalue weighted by Gasteiger charge is -2.11. The molecule has 0 atom stereocenters. The molecule has 4 nitrogen and oxygen atoms in total. The quantitative estimate of drug-likeness (QED) is 0.755. The van der Waals surface area contributed by atoms with E-state index in [4.69, 9.17) is 0 Å². The second kappa shape index (κ2) is 7.09. The summed E-state index contributed by atoms with van der Waals surface area (Å²) in [4.78, 5) is 8.46. The minimum atomic E-state index is 0.737. The van der Waals surface area contributed by atoms with Crippen LogP contribution in [0.1, 0.15) is 11.4 Å². The third-order valence-corrected chi connectivity index (χ3v) is 2.75. The molecule has 0 aliphatic carbocycles. The van der Waals surface area contributed by atoms with E-state index in [0.717, 1.165) is 35.9 Å². The monoisotopic (exact) mass is 266 g/mol. The first-order chi connectivity index (χ1) is 9.77. The van der Waals surface area contributed by atoms with E-state index in [1.165, 1.54) is 0 Å². The Hall–Kier alpha value is -2.62. The van der Waals surface area contributed by atoms with Gasteiger partial charge in [-0.25, -0.2) is 0 Å². The Morgan fingerprint density at radius 2 is 1.25 bits per heavy atom. The van der Waals surface area contributed by atoms with Gasteiger partial charge >= 0.3 is 0 Å². The van der Waals surface area contributed by atoms with E-state index in [-0.39, 0.29) is 0 Å². The number of hydrogen-bond acceptors (Lipinski definition) is 4. The fourth-order valence-electron chi connectivity index (χ4n) is 1.69. The van der Waals surface area contributed by atoms with Crippen LogP contribution >= 0.6 is 0 Å². The highest BCUT2D eigenvalue weighted by Crippen LogP contribution is 2.05. The lowest BCUT2D eigenvalue weighted by atomic mass is 10.3. The van der Waals surface area contributed by atoms with Gasteiger partial charge in [0.2, 0.25) is 0 Å². The van der Waals surface area contributed by atoms with E-state index in [1.54, 1.807) is 12.4 Å². The molecule has 4 heteroatoms. The standard InChI is InChI=1S/C16H18N4/c1-13(15-7-3-5-9-19-15)17-11-12-18-14(2)16-8-4-6-10-20-16/h3-10,17-18H,1-2,11-12H2. The number of hydrogen-bond donors (Lipinski definition) is 2. The van der Waals surface area contributed by atoms with E-state index in [2.05, 4.69) is 33.8 Å². The van der Waals surface area contributed by atoms with Gasteiger partial charge in [-0.1, -0.05) is 25.3 Å². The maximum absolute atomic E-state index is 4.23. The summed E-state index contributed by atoms with van der Waals surface area (Å²) in [7, 11) is 0. The van der Waals surface area contributed by atoms with Crippen molar-refractivity contribution in [2.75, 3.05) is 13.1 Å². The molecule has 0 saturated heterocycles. The summed E-state index contributed by atoms with van der Waals surface area (Å²) >= 11 is 0. The molecule has 0 aromatic carbocycles. The number of nitrogens with one attached hydrogen (secondary N) is 2. The molecule has 0 bridgehead atoms. The van der Waals surface area contributed by atoms with Gasteiger partial charge in [-0.05, 0) is 24.3 Å². The van der Waals surface area contributed by atoms with E-state index >= 15 is 0 Å². The van der Waals surface area contributed by atoms with E-state index in [0.29, 0.717) is 0 Å². The Bertz CT molecular complexity index is 510. The number of rotatable bonds is 7. The van der Waals surface area contributed by atoms with Crippen LogP contribution in [0.25, 0.3) is 11.4 Å². The van der Waals surface area contributed by atoms with Crippen LogP contribution in [0.5, 0.6) is 0 Å². The Morgan fingerprint density at radius 3 is 1.60 bits per heavy atom. The number of pyridine rings is 2. The van der Waals surface area contributed by atoms with Gasteiger partial charge in [-0.3, -0.25) is 9.97 Å². The molecule has 2 heterocycles. The molecule has 2 aromatic rings. The first kappa shape index (κ1) is 13.8. The van der Waals surface area contributed by atoms with Gasteiger partial charge in [0.05, 0.1) is 22.8 Å². The Kier molecular flexibility index (Phi) is 4.89. The van der Waals surface area contributed by atoms with E-state index in [1.807, 2.05) is 36.4 Å². The summed E-state index contributed by atoms with van der Waals surface area (Å²) in [5.41, 5.74) is 3.35. The molecule has 0 radical (unpaired) electrons. The van der Waals surface area contributed by atoms with Crippen molar-refractivity contribution in [2.24, 2.45) is 0 Å². The van der Waals surface area contributed by atoms with Gasteiger partial charge in [0.1, 0.15) is 0 Å². The zero-order chi connectivity index (χ0) is 14.2. The van der Waals surface area contributed by atoms with Crippen LogP contribution in [0.2, 0.25) is 0 Å². The fourth-order valence-corrected chi connectivity index (χ4v) is 1.69. The molecule has 0 spiro atoms. The molecule has 102 valence electrons. The van der Waals surface area contributed by atoms with E-state index < -0.39 is 0 Å². The Morgan fingerprint density at radius 1 is 0.800 bits per heavy atom. The minimum Gasteiger partial charge on any atom is -0.382 e. The third-order valence-electron chi connectivity index (χ3n) is 2.75. The fraction of sp³-hybridized carbons (Fsp3) is 0.125. The average Bonchev–Trinajstić information content (AvgIpc) is 2.53. The minimum absolute atomic E-state index is 0.737. The molecule has 2 N–H and O–H groups in total. The highest BCUT2D eigenvalue weighted by molar-refractivity contribution is 5.58. The molecule has 0 saturated carbocycles. The van der Waals surface area contributed by atoms with Crippen LogP contribution in [0, 0.1) is 0 Å². The van der Waals surface area contributed by atoms with Crippen molar-refractivity contribution >= 4 is 11.4 Å². The Labute approximate surface area is 119 Å². The largest absolute Gasteiger partial charge is 0.382 e. The zero-order valence-electron chi connectivity index (χ0n) is 11.3. The summed E-state index contributed by atoms with van der Waals surface area (Å²) in [6.07, 6.45) is 3.51. The van der Waals surface area contributed by atoms with E-state index in [9.17, 15) is 0 Å². The lowest BCUT2D eigenvalue weighted by Crippen LogP contribution is -2.25. The third kappa shape index (κ3) is 3.95. The first-order valence-electron chi connectivity index (χ1n) is 6.46. The molecule has 2 rings (SSSR count). The van der Waals surface area contributed by atoms with Crippen LogP contribution in [-0.4, -0.2) is 23.1 Å². The average molecular weight is 266 g/mol. The second-order valence-corrected chi connectivity index (χ2v) is 4.24. The summed E-state index contributed by atoms with van der Waals surface area (Å²) < 4.78 is 0. The predicted molar refractivity (Wildman–Crippen MR) is 82.5 cm³/mol. The molecule has 20 heavy (non-hydrogen) atoms. The van der Waals surface area contributed by atoms with Crippen molar-refractivity contribution in [1.82, 2.24) is 20.6 Å². The molecule has 0 unspecified atom stereocenters. The zero-order valence-corrected chi connectivity index (χ0v) is 11.3. The van der Waals surface area contributed by atoms with Crippen LogP contribution in [0.4, 0.5) is 0 Å². The van der Waals surface area contributed by atoms with Crippen molar-refractivity contribution in [1.29, 1.82) is 0 Å². The summed E-state index contributed by atoms with van der Waals surface area (Å²) in [5, 5.41) is 6.45. The normalized spacial score (nSPS) is 9.80. The maximum atomic E-state index is 4.23. The van der Waals surface area contributed by atoms with Gasteiger partial charge < -0.3 is 10.6 Å². The topological polar surface area (TPSA) is 49.8 Å². The summed E-state index contributed by atoms with van der Waals surface area (Å²) in [6.45, 7) is 9.40. The van der Waals surface area contributed by atoms with Crippen LogP contribution < -0.4 is 10.6 Å². The number of nitrogens with zero attached hydrogens (tertiary/aromatic N) is 2. The maximum Gasteiger partial charge on any atom is 0.0854 e.